The first-order valence-corrected chi connectivity index (χ1v) is 21.2. The Kier molecular flexibility index (Phi) is 8.39. The van der Waals surface area contributed by atoms with Crippen LogP contribution in [0.25, 0.3) is 99.0 Å². The van der Waals surface area contributed by atoms with Gasteiger partial charge >= 0.3 is 0 Å². The predicted octanol–water partition coefficient (Wildman–Crippen LogP) is 16.5. The van der Waals surface area contributed by atoms with Gasteiger partial charge in [-0.25, -0.2) is 0 Å². The van der Waals surface area contributed by atoms with Crippen LogP contribution in [0.2, 0.25) is 0 Å². The maximum absolute atomic E-state index is 6.79. The molecule has 0 aliphatic carbocycles. The van der Waals surface area contributed by atoms with Crippen molar-refractivity contribution in [3.8, 4) is 44.5 Å². The topological polar surface area (TPSA) is 21.3 Å². The van der Waals surface area contributed by atoms with E-state index in [0.717, 1.165) is 72.4 Å². The summed E-state index contributed by atoms with van der Waals surface area (Å²) in [6.45, 7) is 0. The number of benzene rings is 10. The second-order valence-corrected chi connectivity index (χ2v) is 16.2. The number of para-hydroxylation sites is 2. The smallest absolute Gasteiger partial charge is 0.143 e. The molecule has 0 fully saturated rings. The Hall–Kier alpha value is -8.14. The van der Waals surface area contributed by atoms with Gasteiger partial charge in [-0.15, -0.1) is 0 Å². The van der Waals surface area contributed by atoms with Gasteiger partial charge in [0.2, 0.25) is 0 Å². The van der Waals surface area contributed by atoms with Crippen LogP contribution in [-0.4, -0.2) is 4.57 Å². The van der Waals surface area contributed by atoms with E-state index in [2.05, 4.69) is 241 Å². The Morgan fingerprint density at radius 3 is 1.53 bits per heavy atom. The molecule has 0 amide bonds. The van der Waals surface area contributed by atoms with Crippen molar-refractivity contribution >= 4 is 71.6 Å². The van der Waals surface area contributed by atoms with Gasteiger partial charge in [0, 0.05) is 62.2 Å². The van der Waals surface area contributed by atoms with Crippen LogP contribution in [0.4, 0.5) is 17.1 Å². The number of nitrogens with zero attached hydrogens (tertiary/aromatic N) is 2. The minimum absolute atomic E-state index is 0.906. The van der Waals surface area contributed by atoms with Crippen LogP contribution in [0.3, 0.4) is 0 Å². The zero-order chi connectivity index (χ0) is 41.1. The molecule has 3 nitrogen and oxygen atoms in total. The molecule has 0 bridgehead atoms. The average molecular weight is 793 g/mol. The summed E-state index contributed by atoms with van der Waals surface area (Å²) in [5, 5.41) is 7.29. The van der Waals surface area contributed by atoms with E-state index in [1.807, 2.05) is 0 Å². The summed E-state index contributed by atoms with van der Waals surface area (Å²) in [5.74, 6) is 0. The first-order chi connectivity index (χ1) is 30.7. The zero-order valence-corrected chi connectivity index (χ0v) is 34.2. The zero-order valence-electron chi connectivity index (χ0n) is 34.2. The molecule has 0 aliphatic rings. The molecule has 2 heterocycles. The van der Waals surface area contributed by atoms with Crippen LogP contribution < -0.4 is 4.90 Å². The Bertz CT molecular complexity index is 3620. The lowest BCUT2D eigenvalue weighted by Gasteiger charge is -2.26. The van der Waals surface area contributed by atoms with Crippen molar-refractivity contribution in [2.75, 3.05) is 4.90 Å². The Balaban J connectivity index is 0.942. The highest BCUT2D eigenvalue weighted by Gasteiger charge is 2.19. The second kappa shape index (κ2) is 14.5. The number of rotatable bonds is 7. The summed E-state index contributed by atoms with van der Waals surface area (Å²) in [7, 11) is 2.19. The number of hydrogen-bond acceptors (Lipinski definition) is 2. The van der Waals surface area contributed by atoms with Crippen molar-refractivity contribution in [1.82, 2.24) is 4.57 Å². The SMILES string of the molecule is Cn1c2cc(N(c3ccc(-c4ccccc4)cc3)c3ccc(-c4cccc(-c5cccc6c5oc5c(-c7ccccc7)cccc56)c4)cc3)ccc2c2ccc3ccccc3c21. The predicted molar refractivity (Wildman–Crippen MR) is 262 cm³/mol. The Morgan fingerprint density at radius 1 is 0.339 bits per heavy atom. The molecular weight excluding hydrogens is 753 g/mol. The fourth-order valence-electron chi connectivity index (χ4n) is 9.56. The van der Waals surface area contributed by atoms with Crippen molar-refractivity contribution in [2.45, 2.75) is 0 Å². The monoisotopic (exact) mass is 792 g/mol. The fraction of sp³-hybridized carbons (Fsp3) is 0.0169. The van der Waals surface area contributed by atoms with Gasteiger partial charge in [-0.2, -0.15) is 0 Å². The van der Waals surface area contributed by atoms with Gasteiger partial charge in [0.15, 0.2) is 0 Å². The highest BCUT2D eigenvalue weighted by molar-refractivity contribution is 6.18. The number of hydrogen-bond donors (Lipinski definition) is 0. The first-order valence-electron chi connectivity index (χ1n) is 21.2. The van der Waals surface area contributed by atoms with Gasteiger partial charge in [-0.05, 0) is 81.2 Å². The molecule has 0 N–H and O–H groups in total. The van der Waals surface area contributed by atoms with Gasteiger partial charge < -0.3 is 13.9 Å². The number of furan rings is 1. The highest BCUT2D eigenvalue weighted by atomic mass is 16.3. The molecule has 3 heteroatoms. The maximum Gasteiger partial charge on any atom is 0.143 e. The standard InChI is InChI=1S/C59H40N2O/c1-60-56-38-48(34-36-52(56)53-35-29-43-17-8-9-20-49(43)57(53)60)61(46-30-25-40(26-31-46)39-13-4-2-5-14-39)47-32-27-41(28-33-47)44-18-10-19-45(37-44)51-22-12-24-55-54-23-11-21-50(58(54)62-59(51)55)42-15-6-3-7-16-42/h2-38H,1H3. The molecule has 2 aromatic heterocycles. The van der Waals surface area contributed by atoms with Crippen molar-refractivity contribution < 1.29 is 4.42 Å². The van der Waals surface area contributed by atoms with E-state index in [1.165, 1.54) is 43.7 Å². The van der Waals surface area contributed by atoms with E-state index in [4.69, 9.17) is 4.42 Å². The molecule has 12 aromatic rings. The number of aryl methyl sites for hydroxylation is 1. The number of anilines is 3. The molecule has 12 rings (SSSR count). The fourth-order valence-corrected chi connectivity index (χ4v) is 9.56. The van der Waals surface area contributed by atoms with Crippen LogP contribution in [-0.2, 0) is 7.05 Å². The van der Waals surface area contributed by atoms with Gasteiger partial charge in [0.25, 0.3) is 0 Å². The molecule has 0 atom stereocenters. The third kappa shape index (κ3) is 5.89. The van der Waals surface area contributed by atoms with Crippen LogP contribution in [0, 0.1) is 0 Å². The van der Waals surface area contributed by atoms with Crippen molar-refractivity contribution in [3.05, 3.63) is 224 Å². The van der Waals surface area contributed by atoms with Crippen molar-refractivity contribution in [2.24, 2.45) is 7.05 Å². The molecule has 292 valence electrons. The molecule has 10 aromatic carbocycles. The number of fused-ring (bicyclic) bond motifs is 8. The van der Waals surface area contributed by atoms with Gasteiger partial charge in [-0.1, -0.05) is 182 Å². The van der Waals surface area contributed by atoms with Crippen molar-refractivity contribution in [1.29, 1.82) is 0 Å². The van der Waals surface area contributed by atoms with Crippen LogP contribution in [0.5, 0.6) is 0 Å². The second-order valence-electron chi connectivity index (χ2n) is 16.2. The quantitative estimate of drug-likeness (QED) is 0.160. The summed E-state index contributed by atoms with van der Waals surface area (Å²) < 4.78 is 9.15. The van der Waals surface area contributed by atoms with Gasteiger partial charge in [0.1, 0.15) is 11.2 Å². The summed E-state index contributed by atoms with van der Waals surface area (Å²) in [6.07, 6.45) is 0. The first kappa shape index (κ1) is 35.8. The summed E-state index contributed by atoms with van der Waals surface area (Å²) >= 11 is 0. The van der Waals surface area contributed by atoms with E-state index in [0.29, 0.717) is 0 Å². The molecule has 0 saturated heterocycles. The minimum atomic E-state index is 0.906. The van der Waals surface area contributed by atoms with E-state index in [9.17, 15) is 0 Å². The lowest BCUT2D eigenvalue weighted by Crippen LogP contribution is -2.10. The normalized spacial score (nSPS) is 11.6. The lowest BCUT2D eigenvalue weighted by molar-refractivity contribution is 0.671. The molecule has 0 saturated carbocycles. The highest BCUT2D eigenvalue weighted by Crippen LogP contribution is 2.43. The van der Waals surface area contributed by atoms with Crippen LogP contribution in [0.15, 0.2) is 229 Å². The Labute approximate surface area is 360 Å². The van der Waals surface area contributed by atoms with E-state index >= 15 is 0 Å². The van der Waals surface area contributed by atoms with E-state index < -0.39 is 0 Å². The number of aromatic nitrogens is 1. The largest absolute Gasteiger partial charge is 0.455 e. The molecule has 62 heavy (non-hydrogen) atoms. The van der Waals surface area contributed by atoms with Crippen molar-refractivity contribution in [3.63, 3.8) is 0 Å². The maximum atomic E-state index is 6.79. The van der Waals surface area contributed by atoms with Crippen LogP contribution in [0.1, 0.15) is 0 Å². The third-order valence-corrected chi connectivity index (χ3v) is 12.6. The average Bonchev–Trinajstić information content (AvgIpc) is 3.87. The lowest BCUT2D eigenvalue weighted by atomic mass is 9.97. The van der Waals surface area contributed by atoms with E-state index in [1.54, 1.807) is 0 Å². The third-order valence-electron chi connectivity index (χ3n) is 12.6. The van der Waals surface area contributed by atoms with E-state index in [-0.39, 0.29) is 0 Å². The summed E-state index contributed by atoms with van der Waals surface area (Å²) in [5.41, 5.74) is 16.7. The van der Waals surface area contributed by atoms with Gasteiger partial charge in [-0.3, -0.25) is 0 Å². The molecular formula is C59H40N2O. The minimum Gasteiger partial charge on any atom is -0.455 e. The summed E-state index contributed by atoms with van der Waals surface area (Å²) in [6, 6.07) is 80.8. The molecule has 0 aliphatic heterocycles. The molecule has 0 unspecified atom stereocenters. The Morgan fingerprint density at radius 2 is 0.839 bits per heavy atom. The van der Waals surface area contributed by atoms with Crippen LogP contribution >= 0.6 is 0 Å². The van der Waals surface area contributed by atoms with Gasteiger partial charge in [0.05, 0.1) is 11.0 Å². The summed E-state index contributed by atoms with van der Waals surface area (Å²) in [4.78, 5) is 2.37. The molecule has 0 spiro atoms. The molecule has 0 radical (unpaired) electrons.